The molecule has 0 amide bonds. The van der Waals surface area contributed by atoms with Crippen LogP contribution >= 0.6 is 0 Å². The third-order valence-corrected chi connectivity index (χ3v) is 4.68. The molecule has 4 aromatic rings. The minimum atomic E-state index is -0.469. The van der Waals surface area contributed by atoms with Gasteiger partial charge in [0.2, 0.25) is 0 Å². The number of methoxy groups -OCH3 is 1. The summed E-state index contributed by atoms with van der Waals surface area (Å²) >= 11 is 0. The Balaban J connectivity index is 1.85. The third kappa shape index (κ3) is 3.71. The number of fused-ring (bicyclic) bond motifs is 1. The number of hydrogen-bond donors (Lipinski definition) is 3. The highest BCUT2D eigenvalue weighted by Crippen LogP contribution is 2.38. The minimum absolute atomic E-state index is 0.350. The highest BCUT2D eigenvalue weighted by atomic mass is 16.5. The average Bonchev–Trinajstić information content (AvgIpc) is 3.11. The highest BCUT2D eigenvalue weighted by Gasteiger charge is 2.17. The van der Waals surface area contributed by atoms with Crippen molar-refractivity contribution in [3.05, 3.63) is 52.9 Å². The molecule has 2 aromatic carbocycles. The summed E-state index contributed by atoms with van der Waals surface area (Å²) in [6.07, 6.45) is 0. The topological polar surface area (TPSA) is 119 Å². The molecule has 2 aromatic heterocycles. The van der Waals surface area contributed by atoms with Crippen LogP contribution in [0.3, 0.4) is 0 Å². The first-order chi connectivity index (χ1) is 14.5. The number of aromatic amines is 2. The lowest BCUT2D eigenvalue weighted by Crippen LogP contribution is -2.13. The van der Waals surface area contributed by atoms with E-state index in [1.807, 2.05) is 36.4 Å². The molecule has 0 saturated carbocycles. The number of nitrogens with zero attached hydrogens (tertiary/aromatic N) is 2. The van der Waals surface area contributed by atoms with Crippen molar-refractivity contribution in [1.82, 2.24) is 20.2 Å². The maximum Gasteiger partial charge on any atom is 0.345 e. The first kappa shape index (κ1) is 19.5. The zero-order chi connectivity index (χ0) is 21.3. The van der Waals surface area contributed by atoms with E-state index in [0.717, 1.165) is 16.5 Å². The van der Waals surface area contributed by atoms with Crippen molar-refractivity contribution in [2.24, 2.45) is 5.92 Å². The Morgan fingerprint density at radius 3 is 2.70 bits per heavy atom. The van der Waals surface area contributed by atoms with Crippen LogP contribution in [0.1, 0.15) is 13.8 Å². The lowest BCUT2D eigenvalue weighted by atomic mass is 10.0. The molecule has 8 nitrogen and oxygen atoms in total. The molecule has 0 atom stereocenters. The van der Waals surface area contributed by atoms with Gasteiger partial charge in [-0.25, -0.2) is 4.79 Å². The van der Waals surface area contributed by atoms with Crippen molar-refractivity contribution in [1.29, 1.82) is 0 Å². The Labute approximate surface area is 173 Å². The van der Waals surface area contributed by atoms with Gasteiger partial charge in [-0.2, -0.15) is 10.1 Å². The Hall–Kier alpha value is -3.81. The molecule has 0 bridgehead atoms. The Morgan fingerprint density at radius 2 is 1.93 bits per heavy atom. The minimum Gasteiger partial charge on any atom is -0.496 e. The van der Waals surface area contributed by atoms with Gasteiger partial charge in [0.25, 0.3) is 0 Å². The van der Waals surface area contributed by atoms with E-state index in [4.69, 9.17) is 15.2 Å². The molecule has 0 unspecified atom stereocenters. The molecular weight excluding hydrogens is 382 g/mol. The maximum atomic E-state index is 12.4. The van der Waals surface area contributed by atoms with Gasteiger partial charge in [0.15, 0.2) is 5.82 Å². The van der Waals surface area contributed by atoms with E-state index in [0.29, 0.717) is 46.8 Å². The number of nitrogen functional groups attached to an aromatic ring is 1. The van der Waals surface area contributed by atoms with Crippen LogP contribution in [-0.2, 0) is 0 Å². The number of H-pyrrole nitrogens is 2. The summed E-state index contributed by atoms with van der Waals surface area (Å²) < 4.78 is 11.5. The third-order valence-electron chi connectivity index (χ3n) is 4.68. The second-order valence-electron chi connectivity index (χ2n) is 7.39. The van der Waals surface area contributed by atoms with Gasteiger partial charge in [0.1, 0.15) is 11.5 Å². The molecule has 4 N–H and O–H groups in total. The summed E-state index contributed by atoms with van der Waals surface area (Å²) in [5.74, 6) is 1.97. The number of rotatable bonds is 6. The standard InChI is InChI=1S/C22H23N5O3/c1-12(2)11-30-19-6-4-5-18(29-3)20(19)17-10-16(24-22(28)25-17)13-7-8-15-14(9-13)21(23)27-26-15/h4-10,12H,11H2,1-3H3,(H3,23,26,27)(H,24,25,28). The molecule has 0 spiro atoms. The van der Waals surface area contributed by atoms with Crippen LogP contribution in [0.2, 0.25) is 0 Å². The van der Waals surface area contributed by atoms with Gasteiger partial charge >= 0.3 is 5.69 Å². The summed E-state index contributed by atoms with van der Waals surface area (Å²) in [6.45, 7) is 4.69. The normalized spacial score (nSPS) is 11.2. The van der Waals surface area contributed by atoms with Gasteiger partial charge in [0, 0.05) is 10.9 Å². The Kier molecular flexibility index (Phi) is 5.14. The molecule has 0 aliphatic carbocycles. The quantitative estimate of drug-likeness (QED) is 0.451. The average molecular weight is 405 g/mol. The maximum absolute atomic E-state index is 12.4. The van der Waals surface area contributed by atoms with Crippen molar-refractivity contribution in [2.75, 3.05) is 19.5 Å². The highest BCUT2D eigenvalue weighted by molar-refractivity contribution is 5.92. The summed E-state index contributed by atoms with van der Waals surface area (Å²) in [6, 6.07) is 12.9. The Bertz CT molecular complexity index is 1260. The van der Waals surface area contributed by atoms with Crippen LogP contribution in [0.25, 0.3) is 33.4 Å². The number of nitrogens with two attached hydrogens (primary N) is 1. The molecule has 30 heavy (non-hydrogen) atoms. The van der Waals surface area contributed by atoms with Gasteiger partial charge < -0.3 is 20.2 Å². The van der Waals surface area contributed by atoms with E-state index in [1.165, 1.54) is 0 Å². The first-order valence-electron chi connectivity index (χ1n) is 9.61. The monoisotopic (exact) mass is 405 g/mol. The predicted molar refractivity (Wildman–Crippen MR) is 117 cm³/mol. The lowest BCUT2D eigenvalue weighted by Gasteiger charge is -2.16. The van der Waals surface area contributed by atoms with Crippen LogP contribution in [0, 0.1) is 5.92 Å². The molecule has 154 valence electrons. The van der Waals surface area contributed by atoms with E-state index >= 15 is 0 Å². The summed E-state index contributed by atoms with van der Waals surface area (Å²) in [4.78, 5) is 19.4. The van der Waals surface area contributed by atoms with Gasteiger partial charge in [-0.15, -0.1) is 0 Å². The van der Waals surface area contributed by atoms with Crippen molar-refractivity contribution in [2.45, 2.75) is 13.8 Å². The fourth-order valence-corrected chi connectivity index (χ4v) is 3.26. The number of ether oxygens (including phenoxy) is 2. The summed E-state index contributed by atoms with van der Waals surface area (Å²) in [5.41, 5.74) is 8.76. The molecular formula is C22H23N5O3. The van der Waals surface area contributed by atoms with E-state index < -0.39 is 5.69 Å². The Morgan fingerprint density at radius 1 is 1.13 bits per heavy atom. The largest absolute Gasteiger partial charge is 0.496 e. The number of nitrogens with one attached hydrogen (secondary N) is 2. The van der Waals surface area contributed by atoms with E-state index in [2.05, 4.69) is 34.0 Å². The van der Waals surface area contributed by atoms with Crippen LogP contribution in [0.15, 0.2) is 47.3 Å². The van der Waals surface area contributed by atoms with Gasteiger partial charge in [0.05, 0.1) is 36.2 Å². The molecule has 8 heteroatoms. The molecule has 0 saturated heterocycles. The van der Waals surface area contributed by atoms with Crippen LogP contribution in [0.5, 0.6) is 11.5 Å². The molecule has 0 aliphatic rings. The first-order valence-corrected chi connectivity index (χ1v) is 9.61. The molecule has 4 rings (SSSR count). The fourth-order valence-electron chi connectivity index (χ4n) is 3.26. The van der Waals surface area contributed by atoms with Crippen LogP contribution in [0.4, 0.5) is 5.82 Å². The predicted octanol–water partition coefficient (Wildman–Crippen LogP) is 3.61. The van der Waals surface area contributed by atoms with Crippen molar-refractivity contribution in [3.63, 3.8) is 0 Å². The number of benzene rings is 2. The zero-order valence-corrected chi connectivity index (χ0v) is 17.0. The van der Waals surface area contributed by atoms with Crippen LogP contribution < -0.4 is 20.9 Å². The molecule has 0 fully saturated rings. The summed E-state index contributed by atoms with van der Waals surface area (Å²) in [5, 5.41) is 7.65. The molecule has 2 heterocycles. The second-order valence-corrected chi connectivity index (χ2v) is 7.39. The van der Waals surface area contributed by atoms with E-state index in [1.54, 1.807) is 13.2 Å². The second kappa shape index (κ2) is 7.90. The van der Waals surface area contributed by atoms with Crippen LogP contribution in [-0.4, -0.2) is 33.9 Å². The van der Waals surface area contributed by atoms with E-state index in [-0.39, 0.29) is 0 Å². The number of hydrogen-bond acceptors (Lipinski definition) is 6. The molecule has 0 radical (unpaired) electrons. The molecule has 0 aliphatic heterocycles. The lowest BCUT2D eigenvalue weighted by molar-refractivity contribution is 0.271. The summed E-state index contributed by atoms with van der Waals surface area (Å²) in [7, 11) is 1.58. The van der Waals surface area contributed by atoms with Crippen molar-refractivity contribution < 1.29 is 9.47 Å². The number of aromatic nitrogens is 4. The van der Waals surface area contributed by atoms with Gasteiger partial charge in [-0.1, -0.05) is 26.0 Å². The van der Waals surface area contributed by atoms with Crippen molar-refractivity contribution in [3.8, 4) is 34.0 Å². The van der Waals surface area contributed by atoms with Gasteiger partial charge in [-0.3, -0.25) is 5.10 Å². The van der Waals surface area contributed by atoms with Crippen molar-refractivity contribution >= 4 is 16.7 Å². The fraction of sp³-hybridized carbons (Fsp3) is 0.227. The van der Waals surface area contributed by atoms with E-state index in [9.17, 15) is 4.79 Å². The smallest absolute Gasteiger partial charge is 0.345 e. The SMILES string of the molecule is COc1cccc(OCC(C)C)c1-c1cc(-c2ccc3[nH]nc(N)c3c2)nc(=O)[nH]1. The zero-order valence-electron chi connectivity index (χ0n) is 17.0. The van der Waals surface area contributed by atoms with Gasteiger partial charge in [-0.05, 0) is 36.2 Å². The number of anilines is 1.